The van der Waals surface area contributed by atoms with Crippen LogP contribution < -0.4 is 0 Å². The van der Waals surface area contributed by atoms with Crippen molar-refractivity contribution < 1.29 is 17.6 Å². The molecule has 122 valence electrons. The Hall–Kier alpha value is -2.08. The van der Waals surface area contributed by atoms with E-state index >= 15 is 0 Å². The average molecular weight is 333 g/mol. The fourth-order valence-electron chi connectivity index (χ4n) is 2.85. The summed E-state index contributed by atoms with van der Waals surface area (Å²) in [5.74, 6) is 0.795. The van der Waals surface area contributed by atoms with Gasteiger partial charge in [-0.05, 0) is 37.1 Å². The van der Waals surface area contributed by atoms with E-state index in [2.05, 4.69) is 0 Å². The van der Waals surface area contributed by atoms with Crippen LogP contribution in [0.1, 0.15) is 33.7 Å². The fraction of sp³-hybridized carbons (Fsp3) is 0.353. The Balaban J connectivity index is 1.94. The Morgan fingerprint density at radius 1 is 1.26 bits per heavy atom. The van der Waals surface area contributed by atoms with E-state index in [1.165, 1.54) is 12.1 Å². The summed E-state index contributed by atoms with van der Waals surface area (Å²) in [6.45, 7) is 2.94. The largest absolute Gasteiger partial charge is 0.469 e. The number of nitrogens with zero attached hydrogens (tertiary/aromatic N) is 1. The molecule has 1 aromatic heterocycles. The molecule has 0 bridgehead atoms. The number of rotatable bonds is 2. The maximum atomic E-state index is 12.9. The van der Waals surface area contributed by atoms with Crippen molar-refractivity contribution in [2.24, 2.45) is 0 Å². The van der Waals surface area contributed by atoms with Crippen LogP contribution in [0.2, 0.25) is 0 Å². The van der Waals surface area contributed by atoms with E-state index in [1.807, 2.05) is 13.0 Å². The van der Waals surface area contributed by atoms with Gasteiger partial charge in [-0.1, -0.05) is 6.07 Å². The third-order valence-electron chi connectivity index (χ3n) is 4.19. The van der Waals surface area contributed by atoms with Gasteiger partial charge in [0.1, 0.15) is 5.76 Å². The molecule has 5 nitrogen and oxygen atoms in total. The van der Waals surface area contributed by atoms with Crippen molar-refractivity contribution in [3.63, 3.8) is 0 Å². The summed E-state index contributed by atoms with van der Waals surface area (Å²) < 4.78 is 28.9. The van der Waals surface area contributed by atoms with Gasteiger partial charge in [0.2, 0.25) is 0 Å². The second-order valence-electron chi connectivity index (χ2n) is 5.95. The number of aryl methyl sites for hydroxylation is 2. The van der Waals surface area contributed by atoms with E-state index in [1.54, 1.807) is 17.2 Å². The van der Waals surface area contributed by atoms with Crippen LogP contribution in [0, 0.1) is 6.92 Å². The highest BCUT2D eigenvalue weighted by Crippen LogP contribution is 2.23. The summed E-state index contributed by atoms with van der Waals surface area (Å²) in [4.78, 5) is 14.8. The maximum Gasteiger partial charge on any atom is 0.254 e. The Morgan fingerprint density at radius 3 is 2.78 bits per heavy atom. The topological polar surface area (TPSA) is 67.6 Å². The molecule has 0 N–H and O–H groups in total. The van der Waals surface area contributed by atoms with Crippen molar-refractivity contribution in [1.29, 1.82) is 0 Å². The number of benzene rings is 1. The van der Waals surface area contributed by atoms with Gasteiger partial charge >= 0.3 is 0 Å². The molecule has 0 saturated heterocycles. The van der Waals surface area contributed by atoms with Crippen LogP contribution in [-0.2, 0) is 22.8 Å². The van der Waals surface area contributed by atoms with Crippen LogP contribution >= 0.6 is 0 Å². The number of hydrogen-bond acceptors (Lipinski definition) is 4. The Kier molecular flexibility index (Phi) is 4.02. The molecular weight excluding hydrogens is 314 g/mol. The van der Waals surface area contributed by atoms with E-state index in [0.717, 1.165) is 36.0 Å². The van der Waals surface area contributed by atoms with Gasteiger partial charge in [0, 0.05) is 36.9 Å². The smallest absolute Gasteiger partial charge is 0.254 e. The van der Waals surface area contributed by atoms with Crippen LogP contribution in [0.5, 0.6) is 0 Å². The molecule has 23 heavy (non-hydrogen) atoms. The first kappa shape index (κ1) is 15.8. The lowest BCUT2D eigenvalue weighted by molar-refractivity contribution is 0.0745. The minimum Gasteiger partial charge on any atom is -0.469 e. The van der Waals surface area contributed by atoms with E-state index in [-0.39, 0.29) is 10.8 Å². The zero-order chi connectivity index (χ0) is 16.6. The summed E-state index contributed by atoms with van der Waals surface area (Å²) >= 11 is 0. The number of furan rings is 1. The summed E-state index contributed by atoms with van der Waals surface area (Å²) in [5.41, 5.74) is 2.24. The van der Waals surface area contributed by atoms with E-state index in [0.29, 0.717) is 18.7 Å². The Labute approximate surface area is 135 Å². The number of amides is 1. The normalized spacial score (nSPS) is 15.1. The molecule has 1 amide bonds. The van der Waals surface area contributed by atoms with Gasteiger partial charge in [-0.15, -0.1) is 0 Å². The quantitative estimate of drug-likeness (QED) is 0.847. The second kappa shape index (κ2) is 5.85. The molecule has 0 fully saturated rings. The molecular formula is C17H19NO4S. The number of sulfone groups is 1. The Morgan fingerprint density at radius 2 is 2.04 bits per heavy atom. The molecule has 3 rings (SSSR count). The van der Waals surface area contributed by atoms with Crippen molar-refractivity contribution >= 4 is 15.7 Å². The van der Waals surface area contributed by atoms with Crippen LogP contribution in [0.3, 0.4) is 0 Å². The third-order valence-corrected chi connectivity index (χ3v) is 5.30. The van der Waals surface area contributed by atoms with Crippen molar-refractivity contribution in [1.82, 2.24) is 4.90 Å². The SMILES string of the molecule is Cc1ccc(S(C)(=O)=O)cc1C(=O)N1CCCc2occc2C1. The minimum atomic E-state index is -3.34. The monoisotopic (exact) mass is 333 g/mol. The molecule has 6 heteroatoms. The highest BCUT2D eigenvalue weighted by Gasteiger charge is 2.23. The fourth-order valence-corrected chi connectivity index (χ4v) is 3.50. The van der Waals surface area contributed by atoms with Crippen LogP contribution in [0.15, 0.2) is 39.8 Å². The van der Waals surface area contributed by atoms with Gasteiger partial charge in [-0.2, -0.15) is 0 Å². The highest BCUT2D eigenvalue weighted by molar-refractivity contribution is 7.90. The maximum absolute atomic E-state index is 12.9. The van der Waals surface area contributed by atoms with E-state index in [9.17, 15) is 13.2 Å². The van der Waals surface area contributed by atoms with Crippen molar-refractivity contribution in [2.75, 3.05) is 12.8 Å². The molecule has 1 aromatic carbocycles. The summed E-state index contributed by atoms with van der Waals surface area (Å²) in [7, 11) is -3.34. The van der Waals surface area contributed by atoms with Crippen molar-refractivity contribution in [2.45, 2.75) is 31.2 Å². The Bertz CT molecular complexity index is 851. The molecule has 0 radical (unpaired) electrons. The summed E-state index contributed by atoms with van der Waals surface area (Å²) in [5, 5.41) is 0. The third kappa shape index (κ3) is 3.17. The molecule has 1 aliphatic heterocycles. The molecule has 0 atom stereocenters. The predicted molar refractivity (Wildman–Crippen MR) is 86.1 cm³/mol. The molecule has 0 aliphatic carbocycles. The van der Waals surface area contributed by atoms with Crippen molar-refractivity contribution in [3.05, 3.63) is 53.0 Å². The van der Waals surface area contributed by atoms with Gasteiger partial charge in [-0.25, -0.2) is 8.42 Å². The number of hydrogen-bond donors (Lipinski definition) is 0. The number of fused-ring (bicyclic) bond motifs is 1. The molecule has 2 aromatic rings. The van der Waals surface area contributed by atoms with Crippen LogP contribution in [-0.4, -0.2) is 32.0 Å². The van der Waals surface area contributed by atoms with Crippen molar-refractivity contribution in [3.8, 4) is 0 Å². The highest BCUT2D eigenvalue weighted by atomic mass is 32.2. The molecule has 2 heterocycles. The van der Waals surface area contributed by atoms with Crippen LogP contribution in [0.25, 0.3) is 0 Å². The number of carbonyl (C=O) groups is 1. The molecule has 1 aliphatic rings. The minimum absolute atomic E-state index is 0.137. The standard InChI is InChI=1S/C17H19NO4S/c1-12-5-6-14(23(2,20)21)10-15(12)17(19)18-8-3-4-16-13(11-18)7-9-22-16/h5-7,9-10H,3-4,8,11H2,1-2H3. The first-order valence-corrected chi connectivity index (χ1v) is 9.40. The van der Waals surface area contributed by atoms with Gasteiger partial charge in [-0.3, -0.25) is 4.79 Å². The molecule has 0 spiro atoms. The van der Waals surface area contributed by atoms with Crippen LogP contribution in [0.4, 0.5) is 0 Å². The lowest BCUT2D eigenvalue weighted by atomic mass is 10.1. The van der Waals surface area contributed by atoms with E-state index < -0.39 is 9.84 Å². The van der Waals surface area contributed by atoms with Gasteiger partial charge in [0.25, 0.3) is 5.91 Å². The zero-order valence-corrected chi connectivity index (χ0v) is 14.0. The molecule has 0 saturated carbocycles. The summed E-state index contributed by atoms with van der Waals surface area (Å²) in [6, 6.07) is 6.59. The van der Waals surface area contributed by atoms with Gasteiger partial charge in [0.15, 0.2) is 9.84 Å². The predicted octanol–water partition coefficient (Wildman–Crippen LogP) is 2.58. The lowest BCUT2D eigenvalue weighted by Gasteiger charge is -2.21. The first-order valence-electron chi connectivity index (χ1n) is 7.51. The van der Waals surface area contributed by atoms with Gasteiger partial charge < -0.3 is 9.32 Å². The average Bonchev–Trinajstić information content (AvgIpc) is 2.83. The lowest BCUT2D eigenvalue weighted by Crippen LogP contribution is -2.31. The second-order valence-corrected chi connectivity index (χ2v) is 7.96. The first-order chi connectivity index (χ1) is 10.9. The zero-order valence-electron chi connectivity index (χ0n) is 13.2. The van der Waals surface area contributed by atoms with E-state index in [4.69, 9.17) is 4.42 Å². The van der Waals surface area contributed by atoms with Gasteiger partial charge in [0.05, 0.1) is 11.2 Å². The number of carbonyl (C=O) groups excluding carboxylic acids is 1. The molecule has 0 unspecified atom stereocenters. The summed E-state index contributed by atoms with van der Waals surface area (Å²) in [6.07, 6.45) is 4.44.